The van der Waals surface area contributed by atoms with Crippen molar-refractivity contribution in [1.29, 1.82) is 0 Å². The highest BCUT2D eigenvalue weighted by Crippen LogP contribution is 2.22. The molecule has 1 saturated heterocycles. The molecule has 4 heteroatoms. The molecule has 94 valence electrons. The molecule has 1 amide bonds. The van der Waals surface area contributed by atoms with E-state index in [2.05, 4.69) is 18.9 Å². The lowest BCUT2D eigenvalue weighted by atomic mass is 10.1. The third-order valence-electron chi connectivity index (χ3n) is 3.52. The average Bonchev–Trinajstić information content (AvgIpc) is 2.53. The highest BCUT2D eigenvalue weighted by atomic mass is 32.1. The van der Waals surface area contributed by atoms with Crippen molar-refractivity contribution in [3.05, 3.63) is 21.4 Å². The molecule has 1 aliphatic rings. The third kappa shape index (κ3) is 2.69. The Labute approximate surface area is 107 Å². The van der Waals surface area contributed by atoms with Crippen LogP contribution in [-0.4, -0.2) is 48.9 Å². The monoisotopic (exact) mass is 252 g/mol. The van der Waals surface area contributed by atoms with Crippen molar-refractivity contribution in [3.8, 4) is 0 Å². The van der Waals surface area contributed by atoms with Crippen LogP contribution in [0.25, 0.3) is 0 Å². The molecule has 0 aliphatic carbocycles. The highest BCUT2D eigenvalue weighted by molar-refractivity contribution is 7.10. The fraction of sp³-hybridized carbons (Fsp3) is 0.615. The number of likely N-dealkylation sites (N-methyl/N-ethyl adjacent to an activating group) is 1. The molecule has 17 heavy (non-hydrogen) atoms. The second-order valence-corrected chi connectivity index (χ2v) is 5.86. The van der Waals surface area contributed by atoms with Gasteiger partial charge in [0.1, 0.15) is 0 Å². The summed E-state index contributed by atoms with van der Waals surface area (Å²) in [6, 6.07) is 0. The van der Waals surface area contributed by atoms with Crippen LogP contribution in [0.2, 0.25) is 0 Å². The maximum absolute atomic E-state index is 12.4. The normalized spacial score (nSPS) is 18.2. The molecular weight excluding hydrogens is 232 g/mol. The first-order valence-corrected chi connectivity index (χ1v) is 7.00. The van der Waals surface area contributed by atoms with Crippen LogP contribution < -0.4 is 0 Å². The zero-order chi connectivity index (χ0) is 12.4. The number of hydrogen-bond donors (Lipinski definition) is 0. The van der Waals surface area contributed by atoms with E-state index in [0.717, 1.165) is 43.7 Å². The molecule has 1 aromatic rings. The zero-order valence-electron chi connectivity index (χ0n) is 10.8. The van der Waals surface area contributed by atoms with Crippen molar-refractivity contribution >= 4 is 17.2 Å². The van der Waals surface area contributed by atoms with Gasteiger partial charge in [-0.25, -0.2) is 0 Å². The first kappa shape index (κ1) is 12.6. The van der Waals surface area contributed by atoms with Gasteiger partial charge in [-0.2, -0.15) is 0 Å². The van der Waals surface area contributed by atoms with Gasteiger partial charge in [-0.1, -0.05) is 0 Å². The molecular formula is C13H20N2OS. The number of amides is 1. The van der Waals surface area contributed by atoms with Gasteiger partial charge in [0, 0.05) is 29.9 Å². The molecule has 0 N–H and O–H groups in total. The van der Waals surface area contributed by atoms with E-state index in [9.17, 15) is 4.79 Å². The summed E-state index contributed by atoms with van der Waals surface area (Å²) in [4.78, 5) is 17.9. The standard InChI is InChI=1S/C13H20N2OS/c1-10-11(2)17-9-12(10)13(16)15-6-4-5-14(3)7-8-15/h9H,4-8H2,1-3H3. The van der Waals surface area contributed by atoms with Gasteiger partial charge in [-0.3, -0.25) is 4.79 Å². The Balaban J connectivity index is 2.12. The van der Waals surface area contributed by atoms with Crippen LogP contribution in [-0.2, 0) is 0 Å². The summed E-state index contributed by atoms with van der Waals surface area (Å²) in [6.07, 6.45) is 1.07. The topological polar surface area (TPSA) is 23.6 Å². The summed E-state index contributed by atoms with van der Waals surface area (Å²) in [7, 11) is 2.12. The average molecular weight is 252 g/mol. The minimum Gasteiger partial charge on any atom is -0.337 e. The largest absolute Gasteiger partial charge is 0.337 e. The maximum Gasteiger partial charge on any atom is 0.255 e. The Morgan fingerprint density at radius 3 is 2.65 bits per heavy atom. The van der Waals surface area contributed by atoms with E-state index >= 15 is 0 Å². The molecule has 0 atom stereocenters. The van der Waals surface area contributed by atoms with Crippen molar-refractivity contribution in [2.75, 3.05) is 33.2 Å². The second kappa shape index (κ2) is 5.19. The first-order valence-electron chi connectivity index (χ1n) is 6.12. The molecule has 1 aliphatic heterocycles. The van der Waals surface area contributed by atoms with Gasteiger partial charge >= 0.3 is 0 Å². The number of carbonyl (C=O) groups is 1. The quantitative estimate of drug-likeness (QED) is 0.764. The van der Waals surface area contributed by atoms with Crippen LogP contribution in [0.5, 0.6) is 0 Å². The first-order chi connectivity index (χ1) is 8.09. The summed E-state index contributed by atoms with van der Waals surface area (Å²) < 4.78 is 0. The minimum atomic E-state index is 0.210. The Morgan fingerprint density at radius 1 is 1.24 bits per heavy atom. The van der Waals surface area contributed by atoms with Gasteiger partial charge in [-0.05, 0) is 39.4 Å². The fourth-order valence-electron chi connectivity index (χ4n) is 2.14. The van der Waals surface area contributed by atoms with Crippen molar-refractivity contribution in [3.63, 3.8) is 0 Å². The van der Waals surface area contributed by atoms with Gasteiger partial charge in [0.2, 0.25) is 0 Å². The van der Waals surface area contributed by atoms with E-state index < -0.39 is 0 Å². The fourth-order valence-corrected chi connectivity index (χ4v) is 3.00. The van der Waals surface area contributed by atoms with Gasteiger partial charge in [0.15, 0.2) is 0 Å². The number of thiophene rings is 1. The van der Waals surface area contributed by atoms with E-state index in [-0.39, 0.29) is 5.91 Å². The third-order valence-corrected chi connectivity index (χ3v) is 4.54. The van der Waals surface area contributed by atoms with Crippen molar-refractivity contribution < 1.29 is 4.79 Å². The highest BCUT2D eigenvalue weighted by Gasteiger charge is 2.21. The maximum atomic E-state index is 12.4. The number of hydrogen-bond acceptors (Lipinski definition) is 3. The SMILES string of the molecule is Cc1scc(C(=O)N2CCCN(C)CC2)c1C. The Bertz CT molecular complexity index is 414. The molecule has 0 aromatic carbocycles. The summed E-state index contributed by atoms with van der Waals surface area (Å²) >= 11 is 1.67. The number of rotatable bonds is 1. The molecule has 2 rings (SSSR count). The molecule has 0 spiro atoms. The number of carbonyl (C=O) groups excluding carboxylic acids is 1. The lowest BCUT2D eigenvalue weighted by Gasteiger charge is -2.20. The Hall–Kier alpha value is -0.870. The van der Waals surface area contributed by atoms with Crippen LogP contribution in [0.3, 0.4) is 0 Å². The second-order valence-electron chi connectivity index (χ2n) is 4.78. The number of nitrogens with zero attached hydrogens (tertiary/aromatic N) is 2. The molecule has 1 fully saturated rings. The lowest BCUT2D eigenvalue weighted by molar-refractivity contribution is 0.0762. The molecule has 0 radical (unpaired) electrons. The van der Waals surface area contributed by atoms with Gasteiger partial charge in [0.25, 0.3) is 5.91 Å². The van der Waals surface area contributed by atoms with E-state index in [1.54, 1.807) is 11.3 Å². The van der Waals surface area contributed by atoms with Crippen LogP contribution in [0.15, 0.2) is 5.38 Å². The van der Waals surface area contributed by atoms with Crippen LogP contribution in [0, 0.1) is 13.8 Å². The van der Waals surface area contributed by atoms with E-state index in [0.29, 0.717) is 0 Å². The van der Waals surface area contributed by atoms with E-state index in [1.807, 2.05) is 17.2 Å². The van der Waals surface area contributed by atoms with Crippen LogP contribution in [0.4, 0.5) is 0 Å². The minimum absolute atomic E-state index is 0.210. The summed E-state index contributed by atoms with van der Waals surface area (Å²) in [6.45, 7) is 7.93. The van der Waals surface area contributed by atoms with Crippen molar-refractivity contribution in [1.82, 2.24) is 9.80 Å². The predicted octanol–water partition coefficient (Wildman–Crippen LogP) is 2.14. The molecule has 0 unspecified atom stereocenters. The zero-order valence-corrected chi connectivity index (χ0v) is 11.6. The molecule has 3 nitrogen and oxygen atoms in total. The van der Waals surface area contributed by atoms with Crippen LogP contribution in [0.1, 0.15) is 27.2 Å². The molecule has 0 saturated carbocycles. The predicted molar refractivity (Wildman–Crippen MR) is 71.8 cm³/mol. The Morgan fingerprint density at radius 2 is 2.00 bits per heavy atom. The van der Waals surface area contributed by atoms with E-state index in [4.69, 9.17) is 0 Å². The summed E-state index contributed by atoms with van der Waals surface area (Å²) in [5.41, 5.74) is 2.05. The molecule has 1 aromatic heterocycles. The summed E-state index contributed by atoms with van der Waals surface area (Å²) in [5.74, 6) is 0.210. The van der Waals surface area contributed by atoms with E-state index in [1.165, 1.54) is 4.88 Å². The summed E-state index contributed by atoms with van der Waals surface area (Å²) in [5, 5.41) is 2.00. The lowest BCUT2D eigenvalue weighted by Crippen LogP contribution is -2.34. The number of aryl methyl sites for hydroxylation is 1. The molecule has 2 heterocycles. The van der Waals surface area contributed by atoms with Crippen LogP contribution >= 0.6 is 11.3 Å². The Kier molecular flexibility index (Phi) is 3.84. The van der Waals surface area contributed by atoms with Gasteiger partial charge in [-0.15, -0.1) is 11.3 Å². The van der Waals surface area contributed by atoms with Crippen molar-refractivity contribution in [2.24, 2.45) is 0 Å². The van der Waals surface area contributed by atoms with Crippen molar-refractivity contribution in [2.45, 2.75) is 20.3 Å². The molecule has 0 bridgehead atoms. The smallest absolute Gasteiger partial charge is 0.255 e. The van der Waals surface area contributed by atoms with Gasteiger partial charge < -0.3 is 9.80 Å². The van der Waals surface area contributed by atoms with Gasteiger partial charge in [0.05, 0.1) is 5.56 Å².